The molecule has 7 heteroatoms. The van der Waals surface area contributed by atoms with Gasteiger partial charge in [0.2, 0.25) is 0 Å². The fourth-order valence-corrected chi connectivity index (χ4v) is 3.93. The number of carbonyl (C=O) groups excluding carboxylic acids is 1. The highest BCUT2D eigenvalue weighted by Gasteiger charge is 2.58. The summed E-state index contributed by atoms with van der Waals surface area (Å²) in [5.74, 6) is -1.70. The van der Waals surface area contributed by atoms with Crippen molar-refractivity contribution in [2.24, 2.45) is 0 Å². The summed E-state index contributed by atoms with van der Waals surface area (Å²) >= 11 is 0. The summed E-state index contributed by atoms with van der Waals surface area (Å²) < 4.78 is 35.5. The monoisotopic (exact) mass is 390 g/mol. The van der Waals surface area contributed by atoms with E-state index in [0.717, 1.165) is 0 Å². The molecule has 4 atom stereocenters. The van der Waals surface area contributed by atoms with Crippen molar-refractivity contribution in [3.05, 3.63) is 41.7 Å². The maximum atomic E-state index is 12.7. The van der Waals surface area contributed by atoms with E-state index in [1.165, 1.54) is 7.11 Å². The lowest BCUT2D eigenvalue weighted by atomic mass is 9.92. The molecule has 3 aliphatic heterocycles. The van der Waals surface area contributed by atoms with E-state index in [1.54, 1.807) is 0 Å². The van der Waals surface area contributed by atoms with Crippen LogP contribution in [0.2, 0.25) is 0 Å². The summed E-state index contributed by atoms with van der Waals surface area (Å²) in [5, 5.41) is 0. The Morgan fingerprint density at radius 1 is 1.00 bits per heavy atom. The van der Waals surface area contributed by atoms with E-state index in [2.05, 4.69) is 0 Å². The third-order valence-corrected chi connectivity index (χ3v) is 5.07. The first kappa shape index (κ1) is 19.4. The zero-order chi connectivity index (χ0) is 20.1. The second-order valence-corrected chi connectivity index (χ2v) is 8.07. The second-order valence-electron chi connectivity index (χ2n) is 8.07. The molecule has 1 aromatic carbocycles. The Morgan fingerprint density at radius 3 is 2.36 bits per heavy atom. The Balaban J connectivity index is 1.82. The maximum absolute atomic E-state index is 12.7. The Labute approximate surface area is 164 Å². The smallest absolute Gasteiger partial charge is 0.342 e. The highest BCUT2D eigenvalue weighted by atomic mass is 16.8. The van der Waals surface area contributed by atoms with Gasteiger partial charge in [-0.25, -0.2) is 4.79 Å². The number of fused-ring (bicyclic) bond motifs is 3. The highest BCUT2D eigenvalue weighted by Crippen LogP contribution is 2.45. The third-order valence-electron chi connectivity index (χ3n) is 5.07. The topological polar surface area (TPSA) is 72.5 Å². The van der Waals surface area contributed by atoms with Gasteiger partial charge in [0.15, 0.2) is 17.7 Å². The van der Waals surface area contributed by atoms with Crippen LogP contribution in [0.15, 0.2) is 36.1 Å². The predicted octanol–water partition coefficient (Wildman–Crippen LogP) is 2.64. The van der Waals surface area contributed by atoms with Crippen LogP contribution in [0.5, 0.6) is 0 Å². The SMILES string of the molecule is COC(=O)/C(=C1/O[C@@H]2COC(C)(C)O[C@H]2[C@@H]2OC(C)(C)O[C@H]12)c1ccccc1. The van der Waals surface area contributed by atoms with Gasteiger partial charge in [-0.1, -0.05) is 30.3 Å². The lowest BCUT2D eigenvalue weighted by Crippen LogP contribution is -2.60. The van der Waals surface area contributed by atoms with Gasteiger partial charge in [0.25, 0.3) is 0 Å². The molecule has 4 rings (SSSR count). The fourth-order valence-electron chi connectivity index (χ4n) is 3.93. The first-order valence-electron chi connectivity index (χ1n) is 9.43. The third kappa shape index (κ3) is 3.43. The molecule has 3 aliphatic rings. The van der Waals surface area contributed by atoms with Gasteiger partial charge in [-0.3, -0.25) is 0 Å². The van der Waals surface area contributed by atoms with E-state index >= 15 is 0 Å². The molecule has 0 aliphatic carbocycles. The number of hydrogen-bond acceptors (Lipinski definition) is 7. The molecule has 0 radical (unpaired) electrons. The predicted molar refractivity (Wildman–Crippen MR) is 99.0 cm³/mol. The van der Waals surface area contributed by atoms with E-state index in [1.807, 2.05) is 58.0 Å². The van der Waals surface area contributed by atoms with Crippen molar-refractivity contribution in [3.63, 3.8) is 0 Å². The van der Waals surface area contributed by atoms with Crippen molar-refractivity contribution in [2.45, 2.75) is 63.7 Å². The maximum Gasteiger partial charge on any atom is 0.342 e. The Hall–Kier alpha value is -1.93. The molecule has 3 saturated heterocycles. The molecule has 152 valence electrons. The van der Waals surface area contributed by atoms with E-state index < -0.39 is 35.9 Å². The van der Waals surface area contributed by atoms with Crippen molar-refractivity contribution in [3.8, 4) is 0 Å². The van der Waals surface area contributed by atoms with Crippen molar-refractivity contribution in [1.82, 2.24) is 0 Å². The van der Waals surface area contributed by atoms with Gasteiger partial charge in [0.05, 0.1) is 13.7 Å². The lowest BCUT2D eigenvalue weighted by molar-refractivity contribution is -0.331. The van der Waals surface area contributed by atoms with Gasteiger partial charge in [-0.15, -0.1) is 0 Å². The number of ether oxygens (including phenoxy) is 6. The summed E-state index contributed by atoms with van der Waals surface area (Å²) in [6.07, 6.45) is -1.84. The van der Waals surface area contributed by atoms with Crippen LogP contribution in [-0.2, 0) is 33.2 Å². The molecule has 0 unspecified atom stereocenters. The molecular formula is C21H26O7. The number of rotatable bonds is 2. The van der Waals surface area contributed by atoms with Crippen molar-refractivity contribution in [1.29, 1.82) is 0 Å². The van der Waals surface area contributed by atoms with Gasteiger partial charge >= 0.3 is 5.97 Å². The average Bonchev–Trinajstić information content (AvgIpc) is 2.98. The van der Waals surface area contributed by atoms with E-state index in [0.29, 0.717) is 23.5 Å². The van der Waals surface area contributed by atoms with Crippen LogP contribution < -0.4 is 0 Å². The average molecular weight is 390 g/mol. The minimum absolute atomic E-state index is 0.317. The Bertz CT molecular complexity index is 783. The van der Waals surface area contributed by atoms with Gasteiger partial charge in [-0.2, -0.15) is 0 Å². The first-order chi connectivity index (χ1) is 13.2. The fraction of sp³-hybridized carbons (Fsp3) is 0.571. The molecule has 0 spiro atoms. The standard InChI is InChI=1S/C21H26O7/c1-20(2)24-11-13-15(26-20)17-18(28-21(3,4)27-17)16(25-13)14(19(22)23-5)12-9-7-6-8-10-12/h6-10,13,15,17-18H,11H2,1-5H3/b16-14+/t13-,15-,17+,18-/m1/s1. The van der Waals surface area contributed by atoms with Crippen LogP contribution in [0.25, 0.3) is 5.57 Å². The first-order valence-corrected chi connectivity index (χ1v) is 9.43. The van der Waals surface area contributed by atoms with Gasteiger partial charge in [0.1, 0.15) is 29.6 Å². The van der Waals surface area contributed by atoms with Crippen LogP contribution in [0.4, 0.5) is 0 Å². The highest BCUT2D eigenvalue weighted by molar-refractivity contribution is 6.17. The van der Waals surface area contributed by atoms with Crippen LogP contribution in [0.3, 0.4) is 0 Å². The number of carbonyl (C=O) groups is 1. The second kappa shape index (κ2) is 6.84. The summed E-state index contributed by atoms with van der Waals surface area (Å²) in [7, 11) is 1.35. The molecule has 3 fully saturated rings. The molecule has 0 aromatic heterocycles. The number of methoxy groups -OCH3 is 1. The van der Waals surface area contributed by atoms with Crippen LogP contribution in [-0.4, -0.2) is 55.7 Å². The van der Waals surface area contributed by atoms with E-state index in [-0.39, 0.29) is 6.10 Å². The van der Waals surface area contributed by atoms with E-state index in [9.17, 15) is 4.79 Å². The molecule has 0 N–H and O–H groups in total. The van der Waals surface area contributed by atoms with Crippen LogP contribution in [0, 0.1) is 0 Å². The zero-order valence-electron chi connectivity index (χ0n) is 16.8. The normalized spacial score (nSPS) is 34.6. The van der Waals surface area contributed by atoms with Crippen LogP contribution in [0.1, 0.15) is 33.3 Å². The molecule has 28 heavy (non-hydrogen) atoms. The van der Waals surface area contributed by atoms with E-state index in [4.69, 9.17) is 28.4 Å². The number of hydrogen-bond donors (Lipinski definition) is 0. The van der Waals surface area contributed by atoms with Crippen molar-refractivity contribution < 1.29 is 33.2 Å². The molecular weight excluding hydrogens is 364 g/mol. The van der Waals surface area contributed by atoms with Crippen molar-refractivity contribution in [2.75, 3.05) is 13.7 Å². The minimum atomic E-state index is -0.845. The summed E-state index contributed by atoms with van der Waals surface area (Å²) in [4.78, 5) is 12.7. The Morgan fingerprint density at radius 2 is 1.68 bits per heavy atom. The lowest BCUT2D eigenvalue weighted by Gasteiger charge is -2.47. The molecule has 0 amide bonds. The number of benzene rings is 1. The van der Waals surface area contributed by atoms with Crippen molar-refractivity contribution >= 4 is 11.5 Å². The van der Waals surface area contributed by atoms with Crippen LogP contribution >= 0.6 is 0 Å². The summed E-state index contributed by atoms with van der Waals surface area (Å²) in [6, 6.07) is 9.26. The van der Waals surface area contributed by atoms with Gasteiger partial charge in [0, 0.05) is 0 Å². The zero-order valence-corrected chi connectivity index (χ0v) is 16.8. The largest absolute Gasteiger partial charge is 0.486 e. The molecule has 3 heterocycles. The molecule has 1 aromatic rings. The Kier molecular flexibility index (Phi) is 4.74. The number of esters is 1. The minimum Gasteiger partial charge on any atom is -0.486 e. The molecule has 0 bridgehead atoms. The van der Waals surface area contributed by atoms with Gasteiger partial charge in [-0.05, 0) is 33.3 Å². The molecule has 0 saturated carbocycles. The molecule has 7 nitrogen and oxygen atoms in total. The summed E-state index contributed by atoms with van der Waals surface area (Å²) in [5.41, 5.74) is 1.01. The van der Waals surface area contributed by atoms with Gasteiger partial charge < -0.3 is 28.4 Å². The summed E-state index contributed by atoms with van der Waals surface area (Å²) in [6.45, 7) is 7.70. The quantitative estimate of drug-likeness (QED) is 0.568.